The number of nitro groups is 1. The minimum Gasteiger partial charge on any atom is -0.492 e. The van der Waals surface area contributed by atoms with E-state index in [1.54, 1.807) is 30.3 Å². The molecule has 6 atom stereocenters. The summed E-state index contributed by atoms with van der Waals surface area (Å²) in [5.41, 5.74) is 3.94. The Bertz CT molecular complexity index is 2140. The van der Waals surface area contributed by atoms with Crippen LogP contribution in [0.5, 0.6) is 11.5 Å². The number of hydrogen-bond acceptors (Lipinski definition) is 11. The number of unbranched alkanes of at least 4 members (excludes halogenated alkanes) is 2. The van der Waals surface area contributed by atoms with Crippen LogP contribution in [0.1, 0.15) is 80.4 Å². The van der Waals surface area contributed by atoms with Gasteiger partial charge in [0.2, 0.25) is 11.7 Å². The molecule has 2 N–H and O–H groups in total. The van der Waals surface area contributed by atoms with Crippen LogP contribution in [-0.4, -0.2) is 94.4 Å². The van der Waals surface area contributed by atoms with E-state index in [1.165, 1.54) is 24.3 Å². The van der Waals surface area contributed by atoms with Crippen molar-refractivity contribution in [2.24, 2.45) is 28.8 Å². The highest BCUT2D eigenvalue weighted by Crippen LogP contribution is 2.62. The Labute approximate surface area is 368 Å². The molecule has 14 heteroatoms. The fourth-order valence-corrected chi connectivity index (χ4v) is 9.92. The molecule has 0 spiro atoms. The normalized spacial score (nSPS) is 25.3. The van der Waals surface area contributed by atoms with Crippen LogP contribution in [0.3, 0.4) is 0 Å². The highest BCUT2D eigenvalue weighted by atomic mass is 19.1. The van der Waals surface area contributed by atoms with Gasteiger partial charge in [-0.25, -0.2) is 4.39 Å². The number of hydrogen-bond donors (Lipinski definition) is 2. The van der Waals surface area contributed by atoms with Gasteiger partial charge in [-0.1, -0.05) is 42.3 Å². The number of carbonyl (C=O) groups excluding carboxylic acids is 1. The van der Waals surface area contributed by atoms with Gasteiger partial charge in [0.1, 0.15) is 36.6 Å². The summed E-state index contributed by atoms with van der Waals surface area (Å²) in [7, 11) is 0. The number of benzene rings is 3. The lowest BCUT2D eigenvalue weighted by Crippen LogP contribution is -2.70. The zero-order chi connectivity index (χ0) is 43.9. The summed E-state index contributed by atoms with van der Waals surface area (Å²) in [6.45, 7) is 8.07. The summed E-state index contributed by atoms with van der Waals surface area (Å²) in [6, 6.07) is 17.6. The summed E-state index contributed by atoms with van der Waals surface area (Å²) in [5.74, 6) is -1.30. The van der Waals surface area contributed by atoms with Gasteiger partial charge in [0.15, 0.2) is 0 Å². The summed E-state index contributed by atoms with van der Waals surface area (Å²) in [5, 5.41) is 36.2. The molecule has 1 amide bonds. The number of allylic oxidation sites excluding steroid dienone is 1. The van der Waals surface area contributed by atoms with Gasteiger partial charge in [0.05, 0.1) is 23.2 Å². The maximum atomic E-state index is 14.8. The Morgan fingerprint density at radius 3 is 2.43 bits per heavy atom. The van der Waals surface area contributed by atoms with Crippen LogP contribution in [0.25, 0.3) is 0 Å². The van der Waals surface area contributed by atoms with Crippen molar-refractivity contribution in [1.82, 2.24) is 9.80 Å². The van der Waals surface area contributed by atoms with Gasteiger partial charge in [-0.2, -0.15) is 0 Å². The molecule has 3 aromatic rings. The zero-order valence-corrected chi connectivity index (χ0v) is 35.8. The van der Waals surface area contributed by atoms with E-state index in [4.69, 9.17) is 24.2 Å². The molecule has 3 aromatic carbocycles. The first-order valence-electron chi connectivity index (χ1n) is 22.6. The quantitative estimate of drug-likeness (QED) is 0.0319. The van der Waals surface area contributed by atoms with Gasteiger partial charge < -0.3 is 34.2 Å². The van der Waals surface area contributed by atoms with E-state index in [-0.39, 0.29) is 80.5 Å². The van der Waals surface area contributed by atoms with E-state index in [0.29, 0.717) is 36.5 Å². The monoisotopic (exact) mass is 866 g/mol. The molecule has 0 radical (unpaired) electrons. The van der Waals surface area contributed by atoms with Crippen molar-refractivity contribution in [1.29, 1.82) is 0 Å². The largest absolute Gasteiger partial charge is 0.492 e. The standard InChI is InChI=1S/C49H59FN4O9/c1-2-26-61-49-45(53(48(57)35-13-14-35)31-33-9-15-37(50)16-10-33)30-43(51-62-32-34-11-17-38(18-12-34)54(58)59)41-28-36(7-3-5-24-55)40(8-4-6-25-56)46(47(41)49)42-29-39(19-20-44(42)63-49)60-27-23-52-21-22-52/h2,9-12,15-20,28-29,35-36,40,45-47,55-56H,1,3-8,13-14,21-27,30-32H2. The number of ether oxygens (including phenoxy) is 3. The second-order valence-electron chi connectivity index (χ2n) is 17.5. The fraction of sp³-hybridized carbons (Fsp3) is 0.510. The van der Waals surface area contributed by atoms with E-state index >= 15 is 0 Å². The Morgan fingerprint density at radius 2 is 1.75 bits per heavy atom. The van der Waals surface area contributed by atoms with Crippen molar-refractivity contribution in [3.63, 3.8) is 0 Å². The number of nitrogens with zero attached hydrogens (tertiary/aromatic N) is 4. The molecule has 2 saturated carbocycles. The zero-order valence-electron chi connectivity index (χ0n) is 35.8. The highest BCUT2D eigenvalue weighted by molar-refractivity contribution is 6.03. The molecule has 1 saturated heterocycles. The smallest absolute Gasteiger partial charge is 0.269 e. The number of rotatable bonds is 23. The molecule has 0 bridgehead atoms. The third kappa shape index (κ3) is 10.1. The van der Waals surface area contributed by atoms with E-state index < -0.39 is 22.7 Å². The van der Waals surface area contributed by atoms with Crippen molar-refractivity contribution >= 4 is 17.3 Å². The highest BCUT2D eigenvalue weighted by Gasteiger charge is 2.66. The molecule has 6 unspecified atom stereocenters. The first-order valence-corrected chi connectivity index (χ1v) is 22.6. The van der Waals surface area contributed by atoms with E-state index in [9.17, 15) is 29.5 Å². The number of oxime groups is 1. The lowest BCUT2D eigenvalue weighted by Gasteiger charge is -2.60. The number of halogens is 1. The molecule has 8 rings (SSSR count). The molecule has 5 aliphatic rings. The Morgan fingerprint density at radius 1 is 1.02 bits per heavy atom. The predicted molar refractivity (Wildman–Crippen MR) is 234 cm³/mol. The van der Waals surface area contributed by atoms with E-state index in [1.807, 2.05) is 17.0 Å². The minimum absolute atomic E-state index is 0.0244. The van der Waals surface area contributed by atoms with Crippen LogP contribution >= 0.6 is 0 Å². The predicted octanol–water partition coefficient (Wildman–Crippen LogP) is 7.70. The first-order chi connectivity index (χ1) is 30.7. The van der Waals surface area contributed by atoms with Crippen molar-refractivity contribution in [2.75, 3.05) is 46.1 Å². The van der Waals surface area contributed by atoms with Gasteiger partial charge >= 0.3 is 0 Å². The number of nitro benzene ring substituents is 1. The van der Waals surface area contributed by atoms with Gasteiger partial charge in [-0.05, 0) is 110 Å². The summed E-state index contributed by atoms with van der Waals surface area (Å²) >= 11 is 0. The molecule has 3 fully saturated rings. The number of aliphatic hydroxyl groups excluding tert-OH is 2. The van der Waals surface area contributed by atoms with Crippen LogP contribution < -0.4 is 9.47 Å². The van der Waals surface area contributed by atoms with Crippen LogP contribution in [0.4, 0.5) is 10.1 Å². The number of carbonyl (C=O) groups is 1. The number of non-ortho nitro benzene ring substituents is 1. The van der Waals surface area contributed by atoms with Crippen LogP contribution in [-0.2, 0) is 27.5 Å². The average molecular weight is 867 g/mol. The number of aliphatic hydroxyl groups is 2. The SMILES string of the molecule is C=CCOC12Oc3ccc(OCCN4CC4)cc3C3C(CCCCO)C(CCCCO)C=C(C(=NOCc4ccc([N+](=O)[O-])cc4)CC1N(Cc1ccc(F)cc1)C(=O)C1CC1)C32. The van der Waals surface area contributed by atoms with Gasteiger partial charge in [0.25, 0.3) is 5.69 Å². The first kappa shape index (κ1) is 44.5. The lowest BCUT2D eigenvalue weighted by atomic mass is 9.55. The fourth-order valence-electron chi connectivity index (χ4n) is 9.92. The molecule has 3 aliphatic carbocycles. The van der Waals surface area contributed by atoms with Crippen LogP contribution in [0, 0.1) is 39.6 Å². The van der Waals surface area contributed by atoms with Crippen molar-refractivity contribution in [3.05, 3.63) is 124 Å². The summed E-state index contributed by atoms with van der Waals surface area (Å²) in [4.78, 5) is 36.1. The molecule has 2 heterocycles. The van der Waals surface area contributed by atoms with Gasteiger partial charge in [-0.3, -0.25) is 19.8 Å². The maximum absolute atomic E-state index is 14.8. The Kier molecular flexibility index (Phi) is 14.2. The number of amides is 1. The van der Waals surface area contributed by atoms with Crippen molar-refractivity contribution in [2.45, 2.75) is 88.7 Å². The third-order valence-electron chi connectivity index (χ3n) is 13.3. The maximum Gasteiger partial charge on any atom is 0.269 e. The van der Waals surface area contributed by atoms with Crippen LogP contribution in [0.15, 0.2) is 96.2 Å². The molecular formula is C49H59FN4O9. The Hall–Kier alpha value is -5.15. The molecule has 13 nitrogen and oxygen atoms in total. The van der Waals surface area contributed by atoms with Gasteiger partial charge in [0, 0.05) is 75.3 Å². The van der Waals surface area contributed by atoms with Gasteiger partial charge in [-0.15, -0.1) is 6.58 Å². The minimum atomic E-state index is -1.44. The summed E-state index contributed by atoms with van der Waals surface area (Å²) in [6.07, 6.45) is 10.2. The van der Waals surface area contributed by atoms with E-state index in [0.717, 1.165) is 80.6 Å². The third-order valence-corrected chi connectivity index (χ3v) is 13.3. The molecule has 0 aromatic heterocycles. The molecule has 2 aliphatic heterocycles. The van der Waals surface area contributed by atoms with Crippen molar-refractivity contribution in [3.8, 4) is 11.5 Å². The molecular weight excluding hydrogens is 808 g/mol. The topological polar surface area (TPSA) is 156 Å². The number of fused-ring (bicyclic) bond motifs is 2. The molecule has 63 heavy (non-hydrogen) atoms. The van der Waals surface area contributed by atoms with Crippen LogP contribution in [0.2, 0.25) is 0 Å². The van der Waals surface area contributed by atoms with Crippen molar-refractivity contribution < 1.29 is 43.4 Å². The lowest BCUT2D eigenvalue weighted by molar-refractivity contribution is -0.384. The van der Waals surface area contributed by atoms with E-state index in [2.05, 4.69) is 23.6 Å². The second-order valence-corrected chi connectivity index (χ2v) is 17.5. The summed E-state index contributed by atoms with van der Waals surface area (Å²) < 4.78 is 35.2. The second kappa shape index (κ2) is 20.1. The average Bonchev–Trinajstić information content (AvgIpc) is 4.24. The Balaban J connectivity index is 1.29. The molecule has 336 valence electrons.